The van der Waals surface area contributed by atoms with Crippen molar-refractivity contribution in [2.24, 2.45) is 5.41 Å². The maximum absolute atomic E-state index is 11.7. The quantitative estimate of drug-likeness (QED) is 0.651. The summed E-state index contributed by atoms with van der Waals surface area (Å²) < 4.78 is 5.39. The summed E-state index contributed by atoms with van der Waals surface area (Å²) in [6, 6.07) is 0. The van der Waals surface area contributed by atoms with Gasteiger partial charge in [0.15, 0.2) is 0 Å². The van der Waals surface area contributed by atoms with Crippen LogP contribution in [0, 0.1) is 5.41 Å². The first kappa shape index (κ1) is 9.00. The maximum Gasteiger partial charge on any atom is 0.313 e. The fourth-order valence-electron chi connectivity index (χ4n) is 1.77. The second-order valence-corrected chi connectivity index (χ2v) is 4.45. The molecule has 0 bridgehead atoms. The van der Waals surface area contributed by atoms with E-state index in [9.17, 15) is 4.79 Å². The van der Waals surface area contributed by atoms with E-state index in [1.165, 1.54) is 6.42 Å². The summed E-state index contributed by atoms with van der Waals surface area (Å²) in [4.78, 5) is 11.7. The second-order valence-electron chi connectivity index (χ2n) is 4.45. The van der Waals surface area contributed by atoms with Crippen LogP contribution >= 0.6 is 0 Å². The van der Waals surface area contributed by atoms with Gasteiger partial charge in [0.2, 0.25) is 0 Å². The summed E-state index contributed by atoms with van der Waals surface area (Å²) in [5.74, 6) is 0.00204. The molecule has 2 aliphatic rings. The maximum atomic E-state index is 11.7. The molecule has 3 nitrogen and oxygen atoms in total. The number of ether oxygens (including phenoxy) is 1. The van der Waals surface area contributed by atoms with E-state index in [1.807, 2.05) is 6.92 Å². The standard InChI is InChI=1S/C10H17NO2/c1-10(5-6-11-7-10)9(12)13-8-3-2-4-8/h8,11H,2-7H2,1H3. The van der Waals surface area contributed by atoms with Gasteiger partial charge in [0.05, 0.1) is 5.41 Å². The summed E-state index contributed by atoms with van der Waals surface area (Å²) in [5.41, 5.74) is -0.254. The fraction of sp³-hybridized carbons (Fsp3) is 0.900. The third kappa shape index (κ3) is 1.70. The highest BCUT2D eigenvalue weighted by Crippen LogP contribution is 2.30. The summed E-state index contributed by atoms with van der Waals surface area (Å²) in [6.07, 6.45) is 4.49. The fourth-order valence-corrected chi connectivity index (χ4v) is 1.77. The molecule has 0 amide bonds. The summed E-state index contributed by atoms with van der Waals surface area (Å²) in [6.45, 7) is 3.71. The third-order valence-electron chi connectivity index (χ3n) is 3.19. The van der Waals surface area contributed by atoms with E-state index < -0.39 is 0 Å². The first-order valence-electron chi connectivity index (χ1n) is 5.12. The molecule has 1 saturated carbocycles. The second kappa shape index (κ2) is 3.29. The van der Waals surface area contributed by atoms with E-state index in [-0.39, 0.29) is 17.5 Å². The molecule has 0 aromatic rings. The van der Waals surface area contributed by atoms with E-state index >= 15 is 0 Å². The SMILES string of the molecule is CC1(C(=O)OC2CCC2)CCNC1. The van der Waals surface area contributed by atoms with Gasteiger partial charge >= 0.3 is 5.97 Å². The minimum atomic E-state index is -0.254. The molecule has 1 saturated heterocycles. The Hall–Kier alpha value is -0.570. The van der Waals surface area contributed by atoms with Crippen LogP contribution in [-0.2, 0) is 9.53 Å². The molecular weight excluding hydrogens is 166 g/mol. The lowest BCUT2D eigenvalue weighted by Crippen LogP contribution is -2.36. The topological polar surface area (TPSA) is 38.3 Å². The monoisotopic (exact) mass is 183 g/mol. The highest BCUT2D eigenvalue weighted by atomic mass is 16.5. The van der Waals surface area contributed by atoms with Crippen LogP contribution < -0.4 is 5.32 Å². The Balaban J connectivity index is 1.87. The minimum Gasteiger partial charge on any atom is -0.462 e. The molecule has 1 unspecified atom stereocenters. The zero-order chi connectivity index (χ0) is 9.31. The van der Waals surface area contributed by atoms with Crippen LogP contribution in [0.4, 0.5) is 0 Å². The van der Waals surface area contributed by atoms with Gasteiger partial charge in [0, 0.05) is 6.54 Å². The molecule has 1 aliphatic carbocycles. The molecular formula is C10H17NO2. The van der Waals surface area contributed by atoms with Crippen molar-refractivity contribution in [3.8, 4) is 0 Å². The molecule has 0 radical (unpaired) electrons. The molecule has 1 atom stereocenters. The Kier molecular flexibility index (Phi) is 2.28. The molecule has 1 aliphatic heterocycles. The van der Waals surface area contributed by atoms with E-state index in [1.54, 1.807) is 0 Å². The van der Waals surface area contributed by atoms with E-state index in [0.717, 1.165) is 32.4 Å². The molecule has 13 heavy (non-hydrogen) atoms. The van der Waals surface area contributed by atoms with E-state index in [0.29, 0.717) is 0 Å². The van der Waals surface area contributed by atoms with Crippen molar-refractivity contribution in [3.05, 3.63) is 0 Å². The molecule has 1 N–H and O–H groups in total. The lowest BCUT2D eigenvalue weighted by atomic mass is 9.89. The number of carbonyl (C=O) groups excluding carboxylic acids is 1. The van der Waals surface area contributed by atoms with Crippen molar-refractivity contribution in [3.63, 3.8) is 0 Å². The van der Waals surface area contributed by atoms with Crippen molar-refractivity contribution in [2.45, 2.75) is 38.7 Å². The summed E-state index contributed by atoms with van der Waals surface area (Å²) in [5, 5.41) is 3.20. The van der Waals surface area contributed by atoms with Crippen molar-refractivity contribution in [1.29, 1.82) is 0 Å². The van der Waals surface area contributed by atoms with Gasteiger partial charge in [0.1, 0.15) is 6.10 Å². The zero-order valence-electron chi connectivity index (χ0n) is 8.14. The van der Waals surface area contributed by atoms with Crippen LogP contribution in [0.2, 0.25) is 0 Å². The highest BCUT2D eigenvalue weighted by Gasteiger charge is 2.39. The molecule has 1 heterocycles. The van der Waals surface area contributed by atoms with E-state index in [2.05, 4.69) is 5.32 Å². The predicted molar refractivity (Wildman–Crippen MR) is 49.3 cm³/mol. The first-order chi connectivity index (χ1) is 6.21. The Morgan fingerprint density at radius 2 is 2.31 bits per heavy atom. The van der Waals surface area contributed by atoms with Gasteiger partial charge in [-0.05, 0) is 39.2 Å². The molecule has 0 aromatic heterocycles. The Morgan fingerprint density at radius 3 is 2.77 bits per heavy atom. The molecule has 0 spiro atoms. The van der Waals surface area contributed by atoms with Gasteiger partial charge in [-0.25, -0.2) is 0 Å². The van der Waals surface area contributed by atoms with Crippen molar-refractivity contribution < 1.29 is 9.53 Å². The van der Waals surface area contributed by atoms with Crippen molar-refractivity contribution >= 4 is 5.97 Å². The third-order valence-corrected chi connectivity index (χ3v) is 3.19. The average Bonchev–Trinajstić information content (AvgIpc) is 2.45. The van der Waals surface area contributed by atoms with Crippen LogP contribution in [-0.4, -0.2) is 25.2 Å². The zero-order valence-corrected chi connectivity index (χ0v) is 8.14. The first-order valence-corrected chi connectivity index (χ1v) is 5.12. The number of carbonyl (C=O) groups is 1. The average molecular weight is 183 g/mol. The summed E-state index contributed by atoms with van der Waals surface area (Å²) in [7, 11) is 0. The minimum absolute atomic E-state index is 0.00204. The summed E-state index contributed by atoms with van der Waals surface area (Å²) >= 11 is 0. The van der Waals surface area contributed by atoms with Gasteiger partial charge in [-0.2, -0.15) is 0 Å². The van der Waals surface area contributed by atoms with Gasteiger partial charge < -0.3 is 10.1 Å². The predicted octanol–water partition coefficient (Wildman–Crippen LogP) is 1.08. The largest absolute Gasteiger partial charge is 0.462 e. The number of nitrogens with one attached hydrogen (secondary N) is 1. The van der Waals surface area contributed by atoms with Crippen molar-refractivity contribution in [2.75, 3.05) is 13.1 Å². The van der Waals surface area contributed by atoms with Gasteiger partial charge in [-0.1, -0.05) is 0 Å². The molecule has 2 rings (SSSR count). The molecule has 2 fully saturated rings. The van der Waals surface area contributed by atoms with Crippen LogP contribution in [0.15, 0.2) is 0 Å². The molecule has 74 valence electrons. The van der Waals surface area contributed by atoms with Gasteiger partial charge in [-0.3, -0.25) is 4.79 Å². The normalized spacial score (nSPS) is 34.2. The van der Waals surface area contributed by atoms with Crippen LogP contribution in [0.1, 0.15) is 32.6 Å². The van der Waals surface area contributed by atoms with Crippen LogP contribution in [0.5, 0.6) is 0 Å². The Morgan fingerprint density at radius 1 is 1.54 bits per heavy atom. The number of hydrogen-bond donors (Lipinski definition) is 1. The van der Waals surface area contributed by atoms with Gasteiger partial charge in [-0.15, -0.1) is 0 Å². The van der Waals surface area contributed by atoms with Crippen molar-refractivity contribution in [1.82, 2.24) is 5.32 Å². The van der Waals surface area contributed by atoms with Crippen LogP contribution in [0.25, 0.3) is 0 Å². The number of hydrogen-bond acceptors (Lipinski definition) is 3. The Bertz CT molecular complexity index is 205. The molecule has 0 aromatic carbocycles. The van der Waals surface area contributed by atoms with Crippen LogP contribution in [0.3, 0.4) is 0 Å². The van der Waals surface area contributed by atoms with E-state index in [4.69, 9.17) is 4.74 Å². The number of rotatable bonds is 2. The molecule has 3 heteroatoms. The lowest BCUT2D eigenvalue weighted by Gasteiger charge is -2.29. The Labute approximate surface area is 78.8 Å². The lowest BCUT2D eigenvalue weighted by molar-refractivity contribution is -0.163. The van der Waals surface area contributed by atoms with Gasteiger partial charge in [0.25, 0.3) is 0 Å². The highest BCUT2D eigenvalue weighted by molar-refractivity contribution is 5.77. The smallest absolute Gasteiger partial charge is 0.313 e. The number of esters is 1.